The fourth-order valence-electron chi connectivity index (χ4n) is 2.66. The summed E-state index contributed by atoms with van der Waals surface area (Å²) < 4.78 is 0. The Bertz CT molecular complexity index is 526. The summed E-state index contributed by atoms with van der Waals surface area (Å²) in [5.74, 6) is 0. The summed E-state index contributed by atoms with van der Waals surface area (Å²) in [7, 11) is 0. The molecule has 0 amide bonds. The van der Waals surface area contributed by atoms with Crippen LogP contribution in [0.1, 0.15) is 40.9 Å². The van der Waals surface area contributed by atoms with Gasteiger partial charge in [0, 0.05) is 18.8 Å². The van der Waals surface area contributed by atoms with Crippen LogP contribution < -0.4 is 5.32 Å². The second-order valence-electron chi connectivity index (χ2n) is 5.12. The van der Waals surface area contributed by atoms with Crippen molar-refractivity contribution >= 4 is 0 Å². The lowest BCUT2D eigenvalue weighted by molar-refractivity contribution is 0.562. The number of hydrogen-bond donors (Lipinski definition) is 1. The number of hydrogen-bond acceptors (Lipinski definition) is 3. The quantitative estimate of drug-likeness (QED) is 0.911. The highest BCUT2D eigenvalue weighted by Gasteiger charge is 2.11. The highest BCUT2D eigenvalue weighted by atomic mass is 14.9. The first-order valence-corrected chi connectivity index (χ1v) is 6.64. The third kappa shape index (κ3) is 3.38. The van der Waals surface area contributed by atoms with Crippen LogP contribution in [0.4, 0.5) is 0 Å². The van der Waals surface area contributed by atoms with E-state index in [0.717, 1.165) is 12.2 Å². The molecule has 2 rings (SSSR count). The number of nitrogens with zero attached hydrogens (tertiary/aromatic N) is 2. The molecule has 1 aromatic carbocycles. The van der Waals surface area contributed by atoms with Gasteiger partial charge in [-0.15, -0.1) is 0 Å². The molecule has 19 heavy (non-hydrogen) atoms. The molecule has 0 saturated carbocycles. The van der Waals surface area contributed by atoms with E-state index in [2.05, 4.69) is 55.1 Å². The van der Waals surface area contributed by atoms with Crippen molar-refractivity contribution in [2.45, 2.75) is 40.3 Å². The molecule has 0 spiro atoms. The van der Waals surface area contributed by atoms with Crippen LogP contribution in [-0.4, -0.2) is 9.97 Å². The van der Waals surface area contributed by atoms with Gasteiger partial charge in [-0.2, -0.15) is 0 Å². The lowest BCUT2D eigenvalue weighted by atomic mass is 9.95. The van der Waals surface area contributed by atoms with E-state index in [0.29, 0.717) is 6.04 Å². The van der Waals surface area contributed by atoms with E-state index in [1.807, 2.05) is 6.07 Å². The van der Waals surface area contributed by atoms with Gasteiger partial charge < -0.3 is 5.32 Å². The van der Waals surface area contributed by atoms with Gasteiger partial charge in [0.25, 0.3) is 0 Å². The third-order valence-corrected chi connectivity index (χ3v) is 3.40. The Kier molecular flexibility index (Phi) is 4.27. The number of nitrogens with one attached hydrogen (secondary N) is 1. The molecule has 1 N–H and O–H groups in total. The minimum absolute atomic E-state index is 0.315. The van der Waals surface area contributed by atoms with Gasteiger partial charge in [0.15, 0.2) is 0 Å². The molecule has 0 saturated heterocycles. The van der Waals surface area contributed by atoms with E-state index in [-0.39, 0.29) is 0 Å². The van der Waals surface area contributed by atoms with Crippen molar-refractivity contribution < 1.29 is 0 Å². The summed E-state index contributed by atoms with van der Waals surface area (Å²) >= 11 is 0. The Labute approximate surface area is 115 Å². The summed E-state index contributed by atoms with van der Waals surface area (Å²) in [6.45, 7) is 9.46. The monoisotopic (exact) mass is 255 g/mol. The van der Waals surface area contributed by atoms with Crippen molar-refractivity contribution in [1.82, 2.24) is 15.3 Å². The number of benzene rings is 1. The maximum absolute atomic E-state index is 4.23. The van der Waals surface area contributed by atoms with Gasteiger partial charge in [-0.05, 0) is 50.5 Å². The summed E-state index contributed by atoms with van der Waals surface area (Å²) in [5, 5.41) is 3.53. The summed E-state index contributed by atoms with van der Waals surface area (Å²) in [4.78, 5) is 8.16. The third-order valence-electron chi connectivity index (χ3n) is 3.40. The molecule has 1 aromatic heterocycles. The number of aryl methyl sites for hydroxylation is 3. The maximum Gasteiger partial charge on any atom is 0.115 e. The average Bonchev–Trinajstić information content (AvgIpc) is 2.36. The zero-order valence-corrected chi connectivity index (χ0v) is 12.1. The molecule has 1 atom stereocenters. The van der Waals surface area contributed by atoms with Crippen LogP contribution in [0.25, 0.3) is 0 Å². The van der Waals surface area contributed by atoms with Gasteiger partial charge in [0.2, 0.25) is 0 Å². The topological polar surface area (TPSA) is 37.8 Å². The van der Waals surface area contributed by atoms with Gasteiger partial charge in [-0.3, -0.25) is 0 Å². The summed E-state index contributed by atoms with van der Waals surface area (Å²) in [6.07, 6.45) is 3.36. The SMILES string of the molecule is Cc1cc(C)c(C(C)NCc2ccncn2)c(C)c1. The molecule has 0 aliphatic rings. The lowest BCUT2D eigenvalue weighted by Gasteiger charge is -2.19. The van der Waals surface area contributed by atoms with Crippen LogP contribution >= 0.6 is 0 Å². The summed E-state index contributed by atoms with van der Waals surface area (Å²) in [6, 6.07) is 6.74. The van der Waals surface area contributed by atoms with Crippen molar-refractivity contribution in [3.8, 4) is 0 Å². The Hall–Kier alpha value is -1.74. The molecule has 3 heteroatoms. The molecule has 1 unspecified atom stereocenters. The van der Waals surface area contributed by atoms with Crippen molar-refractivity contribution in [3.05, 3.63) is 58.7 Å². The molecule has 0 fully saturated rings. The summed E-state index contributed by atoms with van der Waals surface area (Å²) in [5.41, 5.74) is 6.42. The molecule has 0 aliphatic heterocycles. The van der Waals surface area contributed by atoms with Crippen molar-refractivity contribution in [2.24, 2.45) is 0 Å². The van der Waals surface area contributed by atoms with Crippen LogP contribution in [0.5, 0.6) is 0 Å². The molecule has 3 nitrogen and oxygen atoms in total. The lowest BCUT2D eigenvalue weighted by Crippen LogP contribution is -2.20. The number of aromatic nitrogens is 2. The number of rotatable bonds is 4. The second-order valence-corrected chi connectivity index (χ2v) is 5.12. The molecule has 0 bridgehead atoms. The van der Waals surface area contributed by atoms with E-state index in [1.54, 1.807) is 12.5 Å². The van der Waals surface area contributed by atoms with Crippen LogP contribution in [0.3, 0.4) is 0 Å². The van der Waals surface area contributed by atoms with E-state index in [9.17, 15) is 0 Å². The van der Waals surface area contributed by atoms with E-state index < -0.39 is 0 Å². The first kappa shape index (κ1) is 13.7. The zero-order valence-electron chi connectivity index (χ0n) is 12.1. The second kappa shape index (κ2) is 5.93. The highest BCUT2D eigenvalue weighted by molar-refractivity contribution is 5.39. The average molecular weight is 255 g/mol. The van der Waals surface area contributed by atoms with Crippen LogP contribution in [0.15, 0.2) is 30.7 Å². The van der Waals surface area contributed by atoms with Gasteiger partial charge >= 0.3 is 0 Å². The maximum atomic E-state index is 4.23. The largest absolute Gasteiger partial charge is 0.305 e. The highest BCUT2D eigenvalue weighted by Crippen LogP contribution is 2.23. The predicted molar refractivity (Wildman–Crippen MR) is 77.9 cm³/mol. The minimum atomic E-state index is 0.315. The molecule has 0 aliphatic carbocycles. The molecule has 0 radical (unpaired) electrons. The standard InChI is InChI=1S/C16H21N3/c1-11-7-12(2)16(13(3)8-11)14(4)18-9-15-5-6-17-10-19-15/h5-8,10,14,18H,9H2,1-4H3. The van der Waals surface area contributed by atoms with Crippen LogP contribution in [0, 0.1) is 20.8 Å². The Morgan fingerprint density at radius 3 is 2.42 bits per heavy atom. The van der Waals surface area contributed by atoms with Gasteiger partial charge in [-0.1, -0.05) is 17.7 Å². The van der Waals surface area contributed by atoms with Crippen molar-refractivity contribution in [3.63, 3.8) is 0 Å². The molecular formula is C16H21N3. The van der Waals surface area contributed by atoms with Crippen LogP contribution in [-0.2, 0) is 6.54 Å². The molecule has 1 heterocycles. The Balaban J connectivity index is 2.10. The van der Waals surface area contributed by atoms with Crippen LogP contribution in [0.2, 0.25) is 0 Å². The van der Waals surface area contributed by atoms with Crippen molar-refractivity contribution in [2.75, 3.05) is 0 Å². The van der Waals surface area contributed by atoms with E-state index >= 15 is 0 Å². The minimum Gasteiger partial charge on any atom is -0.305 e. The fraction of sp³-hybridized carbons (Fsp3) is 0.375. The predicted octanol–water partition coefficient (Wildman–Crippen LogP) is 3.25. The molecule has 100 valence electrons. The fourth-order valence-corrected chi connectivity index (χ4v) is 2.66. The normalized spacial score (nSPS) is 12.4. The Morgan fingerprint density at radius 2 is 1.84 bits per heavy atom. The van der Waals surface area contributed by atoms with Gasteiger partial charge in [0.05, 0.1) is 5.69 Å². The zero-order chi connectivity index (χ0) is 13.8. The Morgan fingerprint density at radius 1 is 1.16 bits per heavy atom. The molecular weight excluding hydrogens is 234 g/mol. The van der Waals surface area contributed by atoms with E-state index in [1.165, 1.54) is 22.3 Å². The van der Waals surface area contributed by atoms with Gasteiger partial charge in [-0.25, -0.2) is 9.97 Å². The smallest absolute Gasteiger partial charge is 0.115 e. The van der Waals surface area contributed by atoms with E-state index in [4.69, 9.17) is 0 Å². The molecule has 2 aromatic rings. The first-order valence-electron chi connectivity index (χ1n) is 6.64. The first-order chi connectivity index (χ1) is 9.08. The van der Waals surface area contributed by atoms with Crippen molar-refractivity contribution in [1.29, 1.82) is 0 Å². The van der Waals surface area contributed by atoms with Gasteiger partial charge in [0.1, 0.15) is 6.33 Å².